The van der Waals surface area contributed by atoms with Crippen molar-refractivity contribution in [3.05, 3.63) is 27.9 Å². The van der Waals surface area contributed by atoms with Crippen LogP contribution in [0.2, 0.25) is 0 Å². The van der Waals surface area contributed by atoms with Gasteiger partial charge in [0.05, 0.1) is 4.92 Å². The van der Waals surface area contributed by atoms with E-state index in [0.29, 0.717) is 18.8 Å². The molecule has 0 aliphatic rings. The number of anilines is 1. The van der Waals surface area contributed by atoms with E-state index in [1.807, 2.05) is 6.92 Å². The Balaban J connectivity index is 2.69. The van der Waals surface area contributed by atoms with E-state index in [-0.39, 0.29) is 16.6 Å². The van der Waals surface area contributed by atoms with Gasteiger partial charge >= 0.3 is 5.69 Å². The molecule has 0 amide bonds. The van der Waals surface area contributed by atoms with E-state index in [0.717, 1.165) is 0 Å². The summed E-state index contributed by atoms with van der Waals surface area (Å²) in [6.45, 7) is 2.41. The van der Waals surface area contributed by atoms with E-state index in [9.17, 15) is 14.3 Å². The van der Waals surface area contributed by atoms with Crippen LogP contribution < -0.4 is 5.32 Å². The zero-order valence-electron chi connectivity index (χ0n) is 10.6. The normalized spacial score (nSPS) is 13.3. The molecule has 0 spiro atoms. The first-order chi connectivity index (χ1) is 8.95. The average Bonchev–Trinajstić information content (AvgIpc) is 2.37. The molecular weight excluding hydrogens is 268 g/mol. The summed E-state index contributed by atoms with van der Waals surface area (Å²) in [5.41, 5.74) is -0.529. The fourth-order valence-corrected chi connectivity index (χ4v) is 1.80. The summed E-state index contributed by atoms with van der Waals surface area (Å²) >= 11 is 0. The SMILES string of the molecule is CC(CCNc1ccc([N+](=O)[O-])c(C#N)n1)S(C)=O. The number of nitro groups is 1. The maximum absolute atomic E-state index is 11.2. The van der Waals surface area contributed by atoms with Gasteiger partial charge in [-0.3, -0.25) is 14.3 Å². The lowest BCUT2D eigenvalue weighted by molar-refractivity contribution is -0.385. The van der Waals surface area contributed by atoms with Crippen molar-refractivity contribution >= 4 is 22.3 Å². The summed E-state index contributed by atoms with van der Waals surface area (Å²) in [7, 11) is -0.886. The summed E-state index contributed by atoms with van der Waals surface area (Å²) < 4.78 is 11.2. The van der Waals surface area contributed by atoms with Crippen molar-refractivity contribution in [3.8, 4) is 6.07 Å². The maximum Gasteiger partial charge on any atom is 0.305 e. The zero-order valence-corrected chi connectivity index (χ0v) is 11.4. The van der Waals surface area contributed by atoms with Crippen molar-refractivity contribution in [2.75, 3.05) is 18.1 Å². The minimum absolute atomic E-state index is 0.0565. The second kappa shape index (κ2) is 6.80. The van der Waals surface area contributed by atoms with E-state index in [1.54, 1.807) is 12.3 Å². The zero-order chi connectivity index (χ0) is 14.4. The number of hydrogen-bond acceptors (Lipinski definition) is 6. The Labute approximate surface area is 113 Å². The molecular formula is C11H14N4O3S. The van der Waals surface area contributed by atoms with Gasteiger partial charge in [-0.15, -0.1) is 0 Å². The van der Waals surface area contributed by atoms with Gasteiger partial charge in [-0.2, -0.15) is 5.26 Å². The highest BCUT2D eigenvalue weighted by molar-refractivity contribution is 7.84. The first-order valence-corrected chi connectivity index (χ1v) is 7.19. The molecule has 1 N–H and O–H groups in total. The van der Waals surface area contributed by atoms with Crippen LogP contribution in [-0.4, -0.2) is 32.2 Å². The van der Waals surface area contributed by atoms with Crippen LogP contribution in [0.3, 0.4) is 0 Å². The first kappa shape index (κ1) is 15.0. The molecule has 0 bridgehead atoms. The van der Waals surface area contributed by atoms with Crippen LogP contribution in [0.25, 0.3) is 0 Å². The summed E-state index contributed by atoms with van der Waals surface area (Å²) in [6, 6.07) is 4.39. The molecule has 0 saturated heterocycles. The molecule has 1 heterocycles. The fourth-order valence-electron chi connectivity index (χ4n) is 1.35. The highest BCUT2D eigenvalue weighted by Gasteiger charge is 2.15. The smallest absolute Gasteiger partial charge is 0.305 e. The van der Waals surface area contributed by atoms with Crippen LogP contribution in [0.4, 0.5) is 11.5 Å². The van der Waals surface area contributed by atoms with Crippen LogP contribution >= 0.6 is 0 Å². The van der Waals surface area contributed by atoms with Crippen molar-refractivity contribution in [2.45, 2.75) is 18.6 Å². The number of nitrogens with one attached hydrogen (secondary N) is 1. The molecule has 0 aromatic carbocycles. The quantitative estimate of drug-likeness (QED) is 0.624. The second-order valence-electron chi connectivity index (χ2n) is 3.96. The molecule has 0 aliphatic carbocycles. The van der Waals surface area contributed by atoms with Gasteiger partial charge < -0.3 is 5.32 Å². The van der Waals surface area contributed by atoms with E-state index in [1.165, 1.54) is 12.1 Å². The predicted molar refractivity (Wildman–Crippen MR) is 72.2 cm³/mol. The molecule has 0 radical (unpaired) electrons. The van der Waals surface area contributed by atoms with Crippen LogP contribution in [0, 0.1) is 21.4 Å². The molecule has 7 nitrogen and oxygen atoms in total. The van der Waals surface area contributed by atoms with Gasteiger partial charge in [-0.05, 0) is 12.5 Å². The molecule has 19 heavy (non-hydrogen) atoms. The van der Waals surface area contributed by atoms with Crippen LogP contribution in [-0.2, 0) is 10.8 Å². The third-order valence-corrected chi connectivity index (χ3v) is 3.97. The second-order valence-corrected chi connectivity index (χ2v) is 5.76. The Kier molecular flexibility index (Phi) is 5.38. The lowest BCUT2D eigenvalue weighted by Crippen LogP contribution is -2.15. The minimum atomic E-state index is -0.886. The van der Waals surface area contributed by atoms with Gasteiger partial charge in [0.15, 0.2) is 0 Å². The number of nitrogens with zero attached hydrogens (tertiary/aromatic N) is 3. The highest BCUT2D eigenvalue weighted by Crippen LogP contribution is 2.18. The number of nitriles is 1. The van der Waals surface area contributed by atoms with E-state index >= 15 is 0 Å². The summed E-state index contributed by atoms with van der Waals surface area (Å²) in [6.07, 6.45) is 2.33. The Morgan fingerprint density at radius 2 is 2.32 bits per heavy atom. The predicted octanol–water partition coefficient (Wildman–Crippen LogP) is 1.43. The summed E-state index contributed by atoms with van der Waals surface area (Å²) in [5, 5.41) is 22.4. The Morgan fingerprint density at radius 3 is 2.84 bits per heavy atom. The lowest BCUT2D eigenvalue weighted by Gasteiger charge is -2.09. The minimum Gasteiger partial charge on any atom is -0.370 e. The van der Waals surface area contributed by atoms with E-state index < -0.39 is 15.7 Å². The Morgan fingerprint density at radius 1 is 1.63 bits per heavy atom. The summed E-state index contributed by atoms with van der Waals surface area (Å²) in [4.78, 5) is 13.9. The summed E-state index contributed by atoms with van der Waals surface area (Å²) in [5.74, 6) is 0.399. The Hall–Kier alpha value is -2.01. The standard InChI is InChI=1S/C11H14N4O3S/c1-8(19(2)18)5-6-13-11-4-3-10(15(16)17)9(7-12)14-11/h3-4,8H,5-6H2,1-2H3,(H,13,14). The molecule has 8 heteroatoms. The van der Waals surface area contributed by atoms with Crippen LogP contribution in [0.15, 0.2) is 12.1 Å². The van der Waals surface area contributed by atoms with Gasteiger partial charge in [-0.25, -0.2) is 4.98 Å². The maximum atomic E-state index is 11.2. The molecule has 0 fully saturated rings. The van der Waals surface area contributed by atoms with E-state index in [2.05, 4.69) is 10.3 Å². The Bertz CT molecular complexity index is 541. The van der Waals surface area contributed by atoms with Gasteiger partial charge in [0.25, 0.3) is 0 Å². The average molecular weight is 282 g/mol. The number of aromatic nitrogens is 1. The van der Waals surface area contributed by atoms with Crippen LogP contribution in [0.1, 0.15) is 19.0 Å². The van der Waals surface area contributed by atoms with Crippen molar-refractivity contribution in [1.82, 2.24) is 4.98 Å². The number of rotatable bonds is 6. The molecule has 0 aliphatic heterocycles. The van der Waals surface area contributed by atoms with Gasteiger partial charge in [0, 0.05) is 34.9 Å². The number of pyridine rings is 1. The largest absolute Gasteiger partial charge is 0.370 e. The van der Waals surface area contributed by atoms with Crippen molar-refractivity contribution < 1.29 is 9.13 Å². The number of hydrogen-bond donors (Lipinski definition) is 1. The van der Waals surface area contributed by atoms with Crippen molar-refractivity contribution in [2.24, 2.45) is 0 Å². The third-order valence-electron chi connectivity index (χ3n) is 2.60. The topological polar surface area (TPSA) is 109 Å². The molecule has 1 rings (SSSR count). The van der Waals surface area contributed by atoms with Gasteiger partial charge in [0.1, 0.15) is 11.9 Å². The van der Waals surface area contributed by atoms with Gasteiger partial charge in [0.2, 0.25) is 5.69 Å². The van der Waals surface area contributed by atoms with Crippen molar-refractivity contribution in [1.29, 1.82) is 5.26 Å². The molecule has 1 aromatic rings. The third kappa shape index (κ3) is 4.30. The molecule has 102 valence electrons. The molecule has 2 unspecified atom stereocenters. The van der Waals surface area contributed by atoms with Gasteiger partial charge in [-0.1, -0.05) is 6.92 Å². The van der Waals surface area contributed by atoms with Crippen LogP contribution in [0.5, 0.6) is 0 Å². The first-order valence-electron chi connectivity index (χ1n) is 5.57. The lowest BCUT2D eigenvalue weighted by atomic mass is 10.3. The molecule has 0 saturated carbocycles. The van der Waals surface area contributed by atoms with Crippen molar-refractivity contribution in [3.63, 3.8) is 0 Å². The molecule has 1 aromatic heterocycles. The fraction of sp³-hybridized carbons (Fsp3) is 0.455. The molecule has 2 atom stereocenters. The highest BCUT2D eigenvalue weighted by atomic mass is 32.2. The van der Waals surface area contributed by atoms with E-state index in [4.69, 9.17) is 5.26 Å². The monoisotopic (exact) mass is 282 g/mol.